The van der Waals surface area contributed by atoms with Gasteiger partial charge in [0.15, 0.2) is 9.84 Å². The fourth-order valence-electron chi connectivity index (χ4n) is 3.08. The third-order valence-corrected chi connectivity index (χ3v) is 6.87. The van der Waals surface area contributed by atoms with Crippen LogP contribution in [0.4, 0.5) is 5.69 Å². The van der Waals surface area contributed by atoms with Crippen LogP contribution in [0.25, 0.3) is 11.1 Å². The van der Waals surface area contributed by atoms with Gasteiger partial charge in [-0.15, -0.1) is 0 Å². The molecule has 1 atom stereocenters. The van der Waals surface area contributed by atoms with Crippen molar-refractivity contribution in [3.05, 3.63) is 77.8 Å². The van der Waals surface area contributed by atoms with Crippen LogP contribution in [0.3, 0.4) is 0 Å². The van der Waals surface area contributed by atoms with E-state index >= 15 is 0 Å². The molecule has 0 saturated heterocycles. The standard InChI is InChI=1S/C24H22ClNO6S/c1-16(27)26-21-8-10-22(11-9-21)32-14-19(24(28)29)15-33(30,31)23-12-4-18(5-13-23)17-2-6-20(25)7-3-17/h2-13,19H,14-15H2,1H3,(H,26,27)(H,28,29)/t19-/m0/s1. The van der Waals surface area contributed by atoms with Crippen molar-refractivity contribution in [1.29, 1.82) is 0 Å². The summed E-state index contributed by atoms with van der Waals surface area (Å²) in [7, 11) is -3.86. The van der Waals surface area contributed by atoms with Gasteiger partial charge in [-0.25, -0.2) is 8.42 Å². The van der Waals surface area contributed by atoms with Gasteiger partial charge >= 0.3 is 5.97 Å². The first-order valence-electron chi connectivity index (χ1n) is 9.96. The molecule has 7 nitrogen and oxygen atoms in total. The van der Waals surface area contributed by atoms with Crippen molar-refractivity contribution < 1.29 is 27.9 Å². The normalized spacial score (nSPS) is 12.1. The van der Waals surface area contributed by atoms with Crippen LogP contribution >= 0.6 is 11.6 Å². The minimum absolute atomic E-state index is 0.0334. The van der Waals surface area contributed by atoms with Crippen molar-refractivity contribution in [2.45, 2.75) is 11.8 Å². The van der Waals surface area contributed by atoms with Gasteiger partial charge in [-0.3, -0.25) is 9.59 Å². The van der Waals surface area contributed by atoms with E-state index in [1.807, 2.05) is 12.1 Å². The van der Waals surface area contributed by atoms with Gasteiger partial charge in [0.1, 0.15) is 18.3 Å². The minimum atomic E-state index is -3.86. The van der Waals surface area contributed by atoms with Crippen LogP contribution in [0, 0.1) is 5.92 Å². The van der Waals surface area contributed by atoms with E-state index < -0.39 is 27.5 Å². The molecular formula is C24H22ClNO6S. The largest absolute Gasteiger partial charge is 0.493 e. The number of anilines is 1. The molecule has 0 aromatic heterocycles. The zero-order valence-corrected chi connectivity index (χ0v) is 19.3. The van der Waals surface area contributed by atoms with Gasteiger partial charge in [0.05, 0.1) is 10.6 Å². The monoisotopic (exact) mass is 487 g/mol. The third kappa shape index (κ3) is 6.81. The highest BCUT2D eigenvalue weighted by atomic mass is 35.5. The molecule has 0 saturated carbocycles. The first-order valence-corrected chi connectivity index (χ1v) is 12.0. The van der Waals surface area contributed by atoms with Crippen LogP contribution in [0.2, 0.25) is 5.02 Å². The zero-order valence-electron chi connectivity index (χ0n) is 17.7. The molecule has 3 aromatic carbocycles. The topological polar surface area (TPSA) is 110 Å². The lowest BCUT2D eigenvalue weighted by Gasteiger charge is -2.15. The van der Waals surface area contributed by atoms with Crippen LogP contribution in [0.1, 0.15) is 6.92 Å². The lowest BCUT2D eigenvalue weighted by Crippen LogP contribution is -2.29. The summed E-state index contributed by atoms with van der Waals surface area (Å²) in [4.78, 5) is 22.8. The molecule has 0 radical (unpaired) electrons. The van der Waals surface area contributed by atoms with Crippen LogP contribution in [0.5, 0.6) is 5.75 Å². The molecule has 0 spiro atoms. The van der Waals surface area contributed by atoms with Gasteiger partial charge in [0.25, 0.3) is 0 Å². The zero-order chi connectivity index (χ0) is 24.0. The quantitative estimate of drug-likeness (QED) is 0.459. The number of carbonyl (C=O) groups is 2. The summed E-state index contributed by atoms with van der Waals surface area (Å²) < 4.78 is 31.1. The van der Waals surface area contributed by atoms with E-state index in [0.29, 0.717) is 16.5 Å². The first-order chi connectivity index (χ1) is 15.6. The van der Waals surface area contributed by atoms with Gasteiger partial charge in [0.2, 0.25) is 5.91 Å². The number of ether oxygens (including phenoxy) is 1. The fourth-order valence-corrected chi connectivity index (χ4v) is 4.72. The number of amides is 1. The second-order valence-electron chi connectivity index (χ2n) is 7.36. The third-order valence-electron chi connectivity index (χ3n) is 4.79. The summed E-state index contributed by atoms with van der Waals surface area (Å²) >= 11 is 5.90. The Hall–Kier alpha value is -3.36. The number of hydrogen-bond acceptors (Lipinski definition) is 5. The van der Waals surface area contributed by atoms with E-state index in [9.17, 15) is 23.1 Å². The van der Waals surface area contributed by atoms with E-state index in [1.165, 1.54) is 19.1 Å². The van der Waals surface area contributed by atoms with E-state index in [1.54, 1.807) is 48.5 Å². The van der Waals surface area contributed by atoms with Crippen molar-refractivity contribution in [3.63, 3.8) is 0 Å². The van der Waals surface area contributed by atoms with E-state index in [4.69, 9.17) is 16.3 Å². The second kappa shape index (κ2) is 10.5. The molecule has 0 aliphatic rings. The van der Waals surface area contributed by atoms with Gasteiger partial charge in [-0.2, -0.15) is 0 Å². The Balaban J connectivity index is 1.67. The molecule has 0 aliphatic carbocycles. The number of halogens is 1. The molecule has 2 N–H and O–H groups in total. The van der Waals surface area contributed by atoms with Gasteiger partial charge in [-0.1, -0.05) is 35.9 Å². The maximum absolute atomic E-state index is 12.8. The number of carbonyl (C=O) groups excluding carboxylic acids is 1. The Morgan fingerprint density at radius 2 is 1.48 bits per heavy atom. The molecule has 0 fully saturated rings. The summed E-state index contributed by atoms with van der Waals surface area (Å²) in [5.74, 6) is -3.00. The Bertz CT molecular complexity index is 1220. The average molecular weight is 488 g/mol. The van der Waals surface area contributed by atoms with Gasteiger partial charge in [-0.05, 0) is 59.7 Å². The number of carboxylic acid groups (broad SMARTS) is 1. The Kier molecular flexibility index (Phi) is 7.73. The molecule has 172 valence electrons. The highest BCUT2D eigenvalue weighted by Crippen LogP contribution is 2.24. The Morgan fingerprint density at radius 3 is 2.00 bits per heavy atom. The fraction of sp³-hybridized carbons (Fsp3) is 0.167. The molecule has 0 aliphatic heterocycles. The maximum Gasteiger partial charge on any atom is 0.311 e. The van der Waals surface area contributed by atoms with Crippen molar-refractivity contribution in [3.8, 4) is 16.9 Å². The summed E-state index contributed by atoms with van der Waals surface area (Å²) in [6, 6.07) is 19.7. The van der Waals surface area contributed by atoms with Crippen molar-refractivity contribution in [1.82, 2.24) is 0 Å². The maximum atomic E-state index is 12.8. The molecular weight excluding hydrogens is 466 g/mol. The van der Waals surface area contributed by atoms with Crippen molar-refractivity contribution in [2.24, 2.45) is 5.92 Å². The molecule has 33 heavy (non-hydrogen) atoms. The summed E-state index contributed by atoms with van der Waals surface area (Å²) in [6.45, 7) is 1.06. The van der Waals surface area contributed by atoms with Gasteiger partial charge < -0.3 is 15.2 Å². The van der Waals surface area contributed by atoms with Crippen LogP contribution in [-0.4, -0.2) is 37.8 Å². The van der Waals surface area contributed by atoms with E-state index in [-0.39, 0.29) is 17.4 Å². The number of sulfone groups is 1. The number of hydrogen-bond donors (Lipinski definition) is 2. The number of aliphatic carboxylic acids is 1. The molecule has 9 heteroatoms. The van der Waals surface area contributed by atoms with Crippen LogP contribution in [-0.2, 0) is 19.4 Å². The SMILES string of the molecule is CC(=O)Nc1ccc(OC[C@@H](CS(=O)(=O)c2ccc(-c3ccc(Cl)cc3)cc2)C(=O)O)cc1. The van der Waals surface area contributed by atoms with Gasteiger partial charge in [0, 0.05) is 17.6 Å². The Labute approximate surface area is 196 Å². The lowest BCUT2D eigenvalue weighted by atomic mass is 10.1. The number of rotatable bonds is 9. The minimum Gasteiger partial charge on any atom is -0.493 e. The summed E-state index contributed by atoms with van der Waals surface area (Å²) in [6.07, 6.45) is 0. The van der Waals surface area contributed by atoms with Crippen molar-refractivity contribution >= 4 is 39.0 Å². The molecule has 3 aromatic rings. The highest BCUT2D eigenvalue weighted by Gasteiger charge is 2.27. The summed E-state index contributed by atoms with van der Waals surface area (Å²) in [5, 5.41) is 12.7. The van der Waals surface area contributed by atoms with E-state index in [2.05, 4.69) is 5.32 Å². The smallest absolute Gasteiger partial charge is 0.311 e. The Morgan fingerprint density at radius 1 is 0.939 bits per heavy atom. The van der Waals surface area contributed by atoms with E-state index in [0.717, 1.165) is 11.1 Å². The summed E-state index contributed by atoms with van der Waals surface area (Å²) in [5.41, 5.74) is 2.25. The van der Waals surface area contributed by atoms with Crippen LogP contribution < -0.4 is 10.1 Å². The molecule has 1 amide bonds. The molecule has 0 bridgehead atoms. The predicted molar refractivity (Wildman–Crippen MR) is 126 cm³/mol. The first kappa shape index (κ1) is 24.3. The number of carboxylic acids is 1. The van der Waals surface area contributed by atoms with Crippen molar-refractivity contribution in [2.75, 3.05) is 17.7 Å². The number of benzene rings is 3. The predicted octanol–water partition coefficient (Wildman–Crippen LogP) is 4.52. The molecule has 3 rings (SSSR count). The molecule has 0 heterocycles. The second-order valence-corrected chi connectivity index (χ2v) is 9.84. The molecule has 0 unspecified atom stereocenters. The van der Waals surface area contributed by atoms with Crippen LogP contribution in [0.15, 0.2) is 77.7 Å². The lowest BCUT2D eigenvalue weighted by molar-refractivity contribution is -0.141. The average Bonchev–Trinajstić information content (AvgIpc) is 2.77. The highest BCUT2D eigenvalue weighted by molar-refractivity contribution is 7.91. The number of nitrogens with one attached hydrogen (secondary N) is 1.